The number of thioether (sulfide) groups is 1. The van der Waals surface area contributed by atoms with Crippen molar-refractivity contribution < 1.29 is 4.79 Å². The normalized spacial score (nSPS) is 14.9. The van der Waals surface area contributed by atoms with Crippen LogP contribution in [0.2, 0.25) is 5.02 Å². The van der Waals surface area contributed by atoms with Crippen molar-refractivity contribution in [3.05, 3.63) is 107 Å². The van der Waals surface area contributed by atoms with Crippen molar-refractivity contribution in [1.29, 1.82) is 0 Å². The van der Waals surface area contributed by atoms with Crippen LogP contribution in [-0.2, 0) is 10.5 Å². The summed E-state index contributed by atoms with van der Waals surface area (Å²) in [5.74, 6) is 0.995. The van der Waals surface area contributed by atoms with Gasteiger partial charge in [-0.05, 0) is 42.3 Å². The van der Waals surface area contributed by atoms with E-state index in [9.17, 15) is 4.79 Å². The van der Waals surface area contributed by atoms with Crippen LogP contribution in [0.5, 0.6) is 0 Å². The molecule has 7 nitrogen and oxygen atoms in total. The van der Waals surface area contributed by atoms with Crippen molar-refractivity contribution >= 4 is 40.9 Å². The van der Waals surface area contributed by atoms with Crippen LogP contribution in [0.3, 0.4) is 0 Å². The Kier molecular flexibility index (Phi) is 6.33. The van der Waals surface area contributed by atoms with Gasteiger partial charge in [0, 0.05) is 34.6 Å². The summed E-state index contributed by atoms with van der Waals surface area (Å²) >= 11 is 7.79. The number of benzene rings is 2. The minimum Gasteiger partial charge on any atom is -0.328 e. The van der Waals surface area contributed by atoms with Gasteiger partial charge in [-0.1, -0.05) is 65.8 Å². The number of nitrogens with one attached hydrogen (secondary N) is 2. The molecule has 1 aliphatic rings. The van der Waals surface area contributed by atoms with Gasteiger partial charge in [-0.15, -0.1) is 5.10 Å². The SMILES string of the molecule is CC1=C(C(=O)Nc2ccccc2)[C@H](c2cccnc2)n2nc(SCc3ccccc3Cl)nc2N1. The molecule has 0 radical (unpaired) electrons. The standard InChI is InChI=1S/C25H21ClN6OS/c1-16-21(23(33)29-19-10-3-2-4-11-19)22(17-9-7-13-27-14-17)32-24(28-16)30-25(31-32)34-15-18-8-5-6-12-20(18)26/h2-14,22H,15H2,1H3,(H,29,33)(H,28,30,31)/t22-/m0/s1. The molecule has 0 saturated heterocycles. The summed E-state index contributed by atoms with van der Waals surface area (Å²) in [5.41, 5.74) is 3.84. The van der Waals surface area contributed by atoms with Crippen LogP contribution < -0.4 is 10.6 Å². The molecular weight excluding hydrogens is 468 g/mol. The maximum atomic E-state index is 13.4. The Morgan fingerprint density at radius 2 is 1.91 bits per heavy atom. The molecule has 1 amide bonds. The number of halogens is 1. The minimum absolute atomic E-state index is 0.212. The number of allylic oxidation sites excluding steroid dienone is 1. The molecule has 0 bridgehead atoms. The average Bonchev–Trinajstić information content (AvgIpc) is 3.26. The van der Waals surface area contributed by atoms with E-state index in [2.05, 4.69) is 20.6 Å². The lowest BCUT2D eigenvalue weighted by Gasteiger charge is -2.28. The largest absolute Gasteiger partial charge is 0.328 e. The number of carbonyl (C=O) groups is 1. The van der Waals surface area contributed by atoms with Crippen LogP contribution in [0.15, 0.2) is 95.6 Å². The molecular formula is C25H21ClN6OS. The molecule has 0 saturated carbocycles. The smallest absolute Gasteiger partial charge is 0.255 e. The number of nitrogens with zero attached hydrogens (tertiary/aromatic N) is 4. The van der Waals surface area contributed by atoms with E-state index in [0.29, 0.717) is 33.2 Å². The monoisotopic (exact) mass is 488 g/mol. The highest BCUT2D eigenvalue weighted by molar-refractivity contribution is 7.98. The fourth-order valence-electron chi connectivity index (χ4n) is 3.81. The van der Waals surface area contributed by atoms with Gasteiger partial charge in [0.1, 0.15) is 6.04 Å². The Balaban J connectivity index is 1.48. The number of para-hydroxylation sites is 1. The molecule has 170 valence electrons. The van der Waals surface area contributed by atoms with E-state index in [-0.39, 0.29) is 5.91 Å². The fourth-order valence-corrected chi connectivity index (χ4v) is 4.93. The maximum Gasteiger partial charge on any atom is 0.255 e. The van der Waals surface area contributed by atoms with E-state index in [4.69, 9.17) is 16.7 Å². The first-order valence-corrected chi connectivity index (χ1v) is 12.0. The van der Waals surface area contributed by atoms with Gasteiger partial charge >= 0.3 is 0 Å². The van der Waals surface area contributed by atoms with Gasteiger partial charge in [0.2, 0.25) is 11.1 Å². The number of amides is 1. The zero-order valence-corrected chi connectivity index (χ0v) is 19.8. The molecule has 0 spiro atoms. The maximum absolute atomic E-state index is 13.4. The molecule has 2 N–H and O–H groups in total. The molecule has 2 aromatic carbocycles. The highest BCUT2D eigenvalue weighted by atomic mass is 35.5. The highest BCUT2D eigenvalue weighted by Crippen LogP contribution is 2.37. The summed E-state index contributed by atoms with van der Waals surface area (Å²) < 4.78 is 1.75. The second kappa shape index (κ2) is 9.70. The zero-order valence-electron chi connectivity index (χ0n) is 18.3. The summed E-state index contributed by atoms with van der Waals surface area (Å²) in [6.45, 7) is 1.87. The molecule has 2 aromatic heterocycles. The van der Waals surface area contributed by atoms with Crippen molar-refractivity contribution in [3.8, 4) is 0 Å². The van der Waals surface area contributed by atoms with Crippen LogP contribution >= 0.6 is 23.4 Å². The van der Waals surface area contributed by atoms with Gasteiger partial charge in [0.05, 0.1) is 5.57 Å². The Morgan fingerprint density at radius 1 is 1.12 bits per heavy atom. The molecule has 34 heavy (non-hydrogen) atoms. The van der Waals surface area contributed by atoms with Crippen LogP contribution in [0, 0.1) is 0 Å². The van der Waals surface area contributed by atoms with Gasteiger partial charge in [-0.2, -0.15) is 4.98 Å². The van der Waals surface area contributed by atoms with Gasteiger partial charge in [0.15, 0.2) is 0 Å². The topological polar surface area (TPSA) is 84.7 Å². The third kappa shape index (κ3) is 4.55. The molecule has 0 unspecified atom stereocenters. The third-order valence-corrected chi connectivity index (χ3v) is 6.68. The number of rotatable bonds is 6. The molecule has 1 aliphatic heterocycles. The molecule has 0 aliphatic carbocycles. The zero-order chi connectivity index (χ0) is 23.5. The first-order chi connectivity index (χ1) is 16.6. The van der Waals surface area contributed by atoms with Crippen LogP contribution in [0.4, 0.5) is 11.6 Å². The van der Waals surface area contributed by atoms with Gasteiger partial charge in [-0.25, -0.2) is 4.68 Å². The number of hydrogen-bond acceptors (Lipinski definition) is 6. The first-order valence-electron chi connectivity index (χ1n) is 10.7. The molecule has 1 atom stereocenters. The number of hydrogen-bond donors (Lipinski definition) is 2. The summed E-state index contributed by atoms with van der Waals surface area (Å²) in [4.78, 5) is 22.4. The summed E-state index contributed by atoms with van der Waals surface area (Å²) in [6.07, 6.45) is 3.46. The molecule has 4 aromatic rings. The Hall–Kier alpha value is -3.62. The minimum atomic E-state index is -0.476. The number of fused-ring (bicyclic) bond motifs is 1. The lowest BCUT2D eigenvalue weighted by atomic mass is 9.96. The molecule has 9 heteroatoms. The number of pyridine rings is 1. The summed E-state index contributed by atoms with van der Waals surface area (Å²) in [6, 6.07) is 20.4. The van der Waals surface area contributed by atoms with Crippen molar-refractivity contribution in [2.24, 2.45) is 0 Å². The van der Waals surface area contributed by atoms with Crippen LogP contribution in [0.1, 0.15) is 24.1 Å². The van der Waals surface area contributed by atoms with Crippen LogP contribution in [0.25, 0.3) is 0 Å². The average molecular weight is 489 g/mol. The van der Waals surface area contributed by atoms with E-state index >= 15 is 0 Å². The lowest BCUT2D eigenvalue weighted by molar-refractivity contribution is -0.113. The predicted molar refractivity (Wildman–Crippen MR) is 135 cm³/mol. The second-order valence-corrected chi connectivity index (χ2v) is 9.07. The molecule has 3 heterocycles. The number of anilines is 2. The van der Waals surface area contributed by atoms with E-state index in [1.807, 2.05) is 73.7 Å². The predicted octanol–water partition coefficient (Wildman–Crippen LogP) is 5.55. The number of aromatic nitrogens is 4. The quantitative estimate of drug-likeness (QED) is 0.346. The van der Waals surface area contributed by atoms with Gasteiger partial charge in [-0.3, -0.25) is 9.78 Å². The van der Waals surface area contributed by atoms with E-state index in [1.165, 1.54) is 11.8 Å². The Morgan fingerprint density at radius 3 is 2.68 bits per heavy atom. The molecule has 0 fully saturated rings. The van der Waals surface area contributed by atoms with E-state index in [1.54, 1.807) is 17.1 Å². The highest BCUT2D eigenvalue weighted by Gasteiger charge is 2.34. The van der Waals surface area contributed by atoms with Crippen molar-refractivity contribution in [2.75, 3.05) is 10.6 Å². The van der Waals surface area contributed by atoms with Crippen molar-refractivity contribution in [1.82, 2.24) is 19.7 Å². The summed E-state index contributed by atoms with van der Waals surface area (Å²) in [7, 11) is 0. The van der Waals surface area contributed by atoms with Crippen molar-refractivity contribution in [2.45, 2.75) is 23.9 Å². The second-order valence-electron chi connectivity index (χ2n) is 7.72. The fraction of sp³-hybridized carbons (Fsp3) is 0.120. The lowest BCUT2D eigenvalue weighted by Crippen LogP contribution is -2.31. The van der Waals surface area contributed by atoms with Crippen molar-refractivity contribution in [3.63, 3.8) is 0 Å². The Bertz CT molecular complexity index is 1360. The number of carbonyl (C=O) groups excluding carboxylic acids is 1. The van der Waals surface area contributed by atoms with Gasteiger partial charge < -0.3 is 10.6 Å². The van der Waals surface area contributed by atoms with E-state index < -0.39 is 6.04 Å². The van der Waals surface area contributed by atoms with Gasteiger partial charge in [0.25, 0.3) is 5.91 Å². The first kappa shape index (κ1) is 22.2. The van der Waals surface area contributed by atoms with Crippen LogP contribution in [-0.4, -0.2) is 25.7 Å². The third-order valence-electron chi connectivity index (χ3n) is 5.42. The molecule has 5 rings (SSSR count). The van der Waals surface area contributed by atoms with E-state index in [0.717, 1.165) is 16.8 Å². The summed E-state index contributed by atoms with van der Waals surface area (Å²) in [5, 5.41) is 12.3. The Labute approximate surface area is 206 Å².